The highest BCUT2D eigenvalue weighted by Gasteiger charge is 2.15. The summed E-state index contributed by atoms with van der Waals surface area (Å²) < 4.78 is 29.6. The van der Waals surface area contributed by atoms with Gasteiger partial charge in [-0.05, 0) is 54.4 Å². The maximum Gasteiger partial charge on any atom is 0.338 e. The molecule has 0 fully saturated rings. The minimum Gasteiger partial charge on any atom is -0.489 e. The molecule has 0 atom stereocenters. The summed E-state index contributed by atoms with van der Waals surface area (Å²) in [7, 11) is 0. The Morgan fingerprint density at radius 2 is 1.73 bits per heavy atom. The van der Waals surface area contributed by atoms with E-state index in [4.69, 9.17) is 13.9 Å². The molecule has 166 valence electrons. The molecule has 3 aromatic carbocycles. The van der Waals surface area contributed by atoms with Crippen LogP contribution in [0.5, 0.6) is 5.75 Å². The molecule has 0 saturated heterocycles. The highest BCUT2D eigenvalue weighted by molar-refractivity contribution is 5.99. The van der Waals surface area contributed by atoms with Crippen LogP contribution in [-0.2, 0) is 11.3 Å². The van der Waals surface area contributed by atoms with Crippen molar-refractivity contribution < 1.29 is 27.9 Å². The number of rotatable bonds is 7. The molecule has 4 rings (SSSR count). The van der Waals surface area contributed by atoms with Crippen molar-refractivity contribution in [3.63, 3.8) is 0 Å². The smallest absolute Gasteiger partial charge is 0.338 e. The molecule has 1 heterocycles. The molecular formula is C26H19FO6. The summed E-state index contributed by atoms with van der Waals surface area (Å²) in [4.78, 5) is 35.8. The van der Waals surface area contributed by atoms with Gasteiger partial charge >= 0.3 is 11.6 Å². The molecule has 4 aromatic rings. The molecule has 0 unspecified atom stereocenters. The molecule has 1 aromatic heterocycles. The average molecular weight is 446 g/mol. The monoisotopic (exact) mass is 446 g/mol. The van der Waals surface area contributed by atoms with Gasteiger partial charge in [-0.15, -0.1) is 0 Å². The minimum atomic E-state index is -0.688. The molecular weight excluding hydrogens is 427 g/mol. The van der Waals surface area contributed by atoms with Gasteiger partial charge in [-0.2, -0.15) is 0 Å². The first-order valence-electron chi connectivity index (χ1n) is 10.1. The molecule has 33 heavy (non-hydrogen) atoms. The summed E-state index contributed by atoms with van der Waals surface area (Å²) in [5.41, 5.74) is 1.77. The van der Waals surface area contributed by atoms with E-state index in [-0.39, 0.29) is 17.7 Å². The summed E-state index contributed by atoms with van der Waals surface area (Å²) in [5.74, 6) is -1.43. The number of hydrogen-bond acceptors (Lipinski definition) is 6. The van der Waals surface area contributed by atoms with Crippen molar-refractivity contribution in [1.82, 2.24) is 0 Å². The SMILES string of the molecule is Cc1cc(=O)oc2cc(OCc3ccc(C(=O)OCC(=O)c4ccccc4F)cc3)ccc12. The largest absolute Gasteiger partial charge is 0.489 e. The Balaban J connectivity index is 1.35. The lowest BCUT2D eigenvalue weighted by molar-refractivity contribution is 0.0473. The van der Waals surface area contributed by atoms with E-state index in [0.29, 0.717) is 11.3 Å². The predicted octanol–water partition coefficient (Wildman–Crippen LogP) is 4.86. The van der Waals surface area contributed by atoms with Gasteiger partial charge in [0.2, 0.25) is 5.78 Å². The first kappa shape index (κ1) is 22.0. The predicted molar refractivity (Wildman–Crippen MR) is 119 cm³/mol. The Bertz CT molecular complexity index is 1390. The van der Waals surface area contributed by atoms with E-state index in [1.54, 1.807) is 36.4 Å². The highest BCUT2D eigenvalue weighted by Crippen LogP contribution is 2.23. The van der Waals surface area contributed by atoms with Crippen molar-refractivity contribution in [2.45, 2.75) is 13.5 Å². The molecule has 0 saturated carbocycles. The van der Waals surface area contributed by atoms with Crippen LogP contribution in [-0.4, -0.2) is 18.4 Å². The summed E-state index contributed by atoms with van der Waals surface area (Å²) in [6.45, 7) is 1.51. The van der Waals surface area contributed by atoms with Crippen LogP contribution >= 0.6 is 0 Å². The molecule has 0 radical (unpaired) electrons. The summed E-state index contributed by atoms with van der Waals surface area (Å²) >= 11 is 0. The van der Waals surface area contributed by atoms with Gasteiger partial charge in [-0.1, -0.05) is 24.3 Å². The van der Waals surface area contributed by atoms with E-state index in [1.165, 1.54) is 30.3 Å². The second-order valence-electron chi connectivity index (χ2n) is 7.37. The lowest BCUT2D eigenvalue weighted by atomic mass is 10.1. The van der Waals surface area contributed by atoms with Crippen LogP contribution in [0, 0.1) is 12.7 Å². The fourth-order valence-corrected chi connectivity index (χ4v) is 3.28. The van der Waals surface area contributed by atoms with Gasteiger partial charge in [-0.3, -0.25) is 4.79 Å². The zero-order chi connectivity index (χ0) is 23.4. The molecule has 0 spiro atoms. The fraction of sp³-hybridized carbons (Fsp3) is 0.115. The number of fused-ring (bicyclic) bond motifs is 1. The van der Waals surface area contributed by atoms with Gasteiger partial charge in [0.05, 0.1) is 11.1 Å². The average Bonchev–Trinajstić information content (AvgIpc) is 2.81. The second kappa shape index (κ2) is 9.48. The molecule has 6 nitrogen and oxygen atoms in total. The molecule has 0 aliphatic carbocycles. The molecule has 7 heteroatoms. The van der Waals surface area contributed by atoms with Crippen molar-refractivity contribution in [3.05, 3.63) is 111 Å². The number of carbonyl (C=O) groups excluding carboxylic acids is 2. The van der Waals surface area contributed by atoms with E-state index >= 15 is 0 Å². The van der Waals surface area contributed by atoms with E-state index in [1.807, 2.05) is 13.0 Å². The number of hydrogen-bond donors (Lipinski definition) is 0. The molecule has 0 amide bonds. The van der Waals surface area contributed by atoms with Gasteiger partial charge in [0.1, 0.15) is 23.8 Å². The number of Topliss-reactive ketones (excluding diaryl/α,β-unsaturated/α-hetero) is 1. The van der Waals surface area contributed by atoms with Crippen molar-refractivity contribution in [1.29, 1.82) is 0 Å². The van der Waals surface area contributed by atoms with Crippen LogP contribution in [0.25, 0.3) is 11.0 Å². The van der Waals surface area contributed by atoms with Crippen LogP contribution in [0.1, 0.15) is 31.8 Å². The topological polar surface area (TPSA) is 82.8 Å². The summed E-state index contributed by atoms with van der Waals surface area (Å²) in [5, 5.41) is 0.832. The number of ketones is 1. The minimum absolute atomic E-state index is 0.124. The van der Waals surface area contributed by atoms with Crippen molar-refractivity contribution >= 4 is 22.7 Å². The van der Waals surface area contributed by atoms with E-state index in [9.17, 15) is 18.8 Å². The Hall–Kier alpha value is -4.26. The quantitative estimate of drug-likeness (QED) is 0.229. The van der Waals surface area contributed by atoms with Crippen LogP contribution < -0.4 is 10.4 Å². The first-order chi connectivity index (χ1) is 15.9. The third-order valence-electron chi connectivity index (χ3n) is 5.03. The van der Waals surface area contributed by atoms with Crippen molar-refractivity contribution in [3.8, 4) is 5.75 Å². The number of aryl methyl sites for hydroxylation is 1. The summed E-state index contributed by atoms with van der Waals surface area (Å²) in [6.07, 6.45) is 0. The Labute approximate surface area is 188 Å². The van der Waals surface area contributed by atoms with Crippen LogP contribution in [0.3, 0.4) is 0 Å². The molecule has 0 aliphatic rings. The lowest BCUT2D eigenvalue weighted by Gasteiger charge is -2.09. The third-order valence-corrected chi connectivity index (χ3v) is 5.03. The zero-order valence-corrected chi connectivity index (χ0v) is 17.7. The number of halogens is 1. The number of carbonyl (C=O) groups is 2. The van der Waals surface area contributed by atoms with Gasteiger partial charge < -0.3 is 13.9 Å². The van der Waals surface area contributed by atoms with Crippen LogP contribution in [0.2, 0.25) is 0 Å². The number of ether oxygens (including phenoxy) is 2. The number of benzene rings is 3. The van der Waals surface area contributed by atoms with E-state index in [0.717, 1.165) is 16.5 Å². The maximum absolute atomic E-state index is 13.6. The van der Waals surface area contributed by atoms with Gasteiger partial charge in [-0.25, -0.2) is 14.0 Å². The normalized spacial score (nSPS) is 10.7. The highest BCUT2D eigenvalue weighted by atomic mass is 19.1. The molecule has 0 aliphatic heterocycles. The van der Waals surface area contributed by atoms with E-state index in [2.05, 4.69) is 0 Å². The van der Waals surface area contributed by atoms with Crippen LogP contribution in [0.4, 0.5) is 4.39 Å². The van der Waals surface area contributed by atoms with E-state index < -0.39 is 29.8 Å². The Kier molecular flexibility index (Phi) is 6.31. The summed E-state index contributed by atoms with van der Waals surface area (Å²) in [6, 6.07) is 18.7. The Morgan fingerprint density at radius 3 is 2.48 bits per heavy atom. The van der Waals surface area contributed by atoms with Gasteiger partial charge in [0.25, 0.3) is 0 Å². The molecule has 0 N–H and O–H groups in total. The second-order valence-corrected chi connectivity index (χ2v) is 7.37. The maximum atomic E-state index is 13.6. The zero-order valence-electron chi connectivity index (χ0n) is 17.7. The first-order valence-corrected chi connectivity index (χ1v) is 10.1. The van der Waals surface area contributed by atoms with Gasteiger partial charge in [0.15, 0.2) is 6.61 Å². The Morgan fingerprint density at radius 1 is 0.970 bits per heavy atom. The lowest BCUT2D eigenvalue weighted by Crippen LogP contribution is -2.15. The van der Waals surface area contributed by atoms with Crippen molar-refractivity contribution in [2.24, 2.45) is 0 Å². The number of esters is 1. The standard InChI is InChI=1S/C26H19FO6/c1-16-12-25(29)33-24-13-19(10-11-20(16)24)31-14-17-6-8-18(9-7-17)26(30)32-15-23(28)21-4-2-3-5-22(21)27/h2-13H,14-15H2,1H3. The third kappa shape index (κ3) is 5.15. The molecule has 0 bridgehead atoms. The van der Waals surface area contributed by atoms with Crippen molar-refractivity contribution in [2.75, 3.05) is 6.61 Å². The fourth-order valence-electron chi connectivity index (χ4n) is 3.28. The van der Waals surface area contributed by atoms with Crippen LogP contribution in [0.15, 0.2) is 82.0 Å². The van der Waals surface area contributed by atoms with Gasteiger partial charge in [0, 0.05) is 17.5 Å².